The second-order valence-electron chi connectivity index (χ2n) is 7.69. The highest BCUT2D eigenvalue weighted by Gasteiger charge is 2.21. The van der Waals surface area contributed by atoms with Crippen molar-refractivity contribution in [2.75, 3.05) is 36.4 Å². The molecule has 0 saturated carbocycles. The van der Waals surface area contributed by atoms with Crippen molar-refractivity contribution in [1.82, 2.24) is 4.90 Å². The quantitative estimate of drug-likeness (QED) is 0.536. The number of hydrogen-bond donors (Lipinski definition) is 1. The standard InChI is InChI=1S/C26H23ClFN3O2/c27-23-18-22(29-26(33)20-7-4-8-21(28)17-20)10-11-24(23)30-13-15-31(16-14-30)25(32)12-9-19-5-2-1-3-6-19/h1-12,17-18H,13-16H2,(H,29,33)/b12-9+. The Morgan fingerprint density at radius 2 is 1.67 bits per heavy atom. The van der Waals surface area contributed by atoms with E-state index in [0.717, 1.165) is 11.3 Å². The molecule has 33 heavy (non-hydrogen) atoms. The fourth-order valence-electron chi connectivity index (χ4n) is 3.68. The molecular weight excluding hydrogens is 441 g/mol. The van der Waals surface area contributed by atoms with Crippen LogP contribution in [0.3, 0.4) is 0 Å². The van der Waals surface area contributed by atoms with Gasteiger partial charge in [-0.15, -0.1) is 0 Å². The van der Waals surface area contributed by atoms with Gasteiger partial charge in [0, 0.05) is 43.5 Å². The molecule has 7 heteroatoms. The summed E-state index contributed by atoms with van der Waals surface area (Å²) < 4.78 is 13.4. The lowest BCUT2D eigenvalue weighted by molar-refractivity contribution is -0.126. The van der Waals surface area contributed by atoms with Crippen molar-refractivity contribution in [3.05, 3.63) is 101 Å². The molecule has 1 saturated heterocycles. The molecule has 1 fully saturated rings. The van der Waals surface area contributed by atoms with Crippen LogP contribution in [-0.4, -0.2) is 42.9 Å². The van der Waals surface area contributed by atoms with Crippen molar-refractivity contribution < 1.29 is 14.0 Å². The highest BCUT2D eigenvalue weighted by Crippen LogP contribution is 2.30. The van der Waals surface area contributed by atoms with Crippen molar-refractivity contribution >= 4 is 40.9 Å². The van der Waals surface area contributed by atoms with Gasteiger partial charge < -0.3 is 15.1 Å². The maximum Gasteiger partial charge on any atom is 0.255 e. The Morgan fingerprint density at radius 1 is 0.909 bits per heavy atom. The van der Waals surface area contributed by atoms with Crippen molar-refractivity contribution in [2.45, 2.75) is 0 Å². The van der Waals surface area contributed by atoms with Crippen molar-refractivity contribution in [1.29, 1.82) is 0 Å². The number of halogens is 2. The average Bonchev–Trinajstić information content (AvgIpc) is 2.83. The lowest BCUT2D eigenvalue weighted by Crippen LogP contribution is -2.48. The van der Waals surface area contributed by atoms with Gasteiger partial charge in [-0.2, -0.15) is 0 Å². The summed E-state index contributed by atoms with van der Waals surface area (Å²) in [6, 6.07) is 20.5. The van der Waals surface area contributed by atoms with Crippen LogP contribution in [0.2, 0.25) is 5.02 Å². The third kappa shape index (κ3) is 5.79. The molecule has 2 amide bonds. The van der Waals surface area contributed by atoms with E-state index in [-0.39, 0.29) is 11.5 Å². The van der Waals surface area contributed by atoms with E-state index in [4.69, 9.17) is 11.6 Å². The number of rotatable bonds is 5. The number of carbonyl (C=O) groups excluding carboxylic acids is 2. The summed E-state index contributed by atoms with van der Waals surface area (Å²) in [5, 5.41) is 3.23. The zero-order valence-electron chi connectivity index (χ0n) is 17.9. The van der Waals surface area contributed by atoms with E-state index in [0.29, 0.717) is 36.9 Å². The van der Waals surface area contributed by atoms with Gasteiger partial charge in [-0.3, -0.25) is 9.59 Å². The Labute approximate surface area is 197 Å². The Hall–Kier alpha value is -3.64. The van der Waals surface area contributed by atoms with Crippen LogP contribution < -0.4 is 10.2 Å². The maximum atomic E-state index is 13.4. The van der Waals surface area contributed by atoms with Crippen LogP contribution in [0.25, 0.3) is 6.08 Å². The first kappa shape index (κ1) is 22.6. The first-order valence-corrected chi connectivity index (χ1v) is 11.0. The molecular formula is C26H23ClFN3O2. The fraction of sp³-hybridized carbons (Fsp3) is 0.154. The molecule has 1 heterocycles. The first-order chi connectivity index (χ1) is 16.0. The fourth-order valence-corrected chi connectivity index (χ4v) is 3.98. The number of anilines is 2. The third-order valence-electron chi connectivity index (χ3n) is 5.44. The smallest absolute Gasteiger partial charge is 0.255 e. The third-order valence-corrected chi connectivity index (χ3v) is 5.75. The van der Waals surface area contributed by atoms with Crippen molar-refractivity contribution in [3.63, 3.8) is 0 Å². The highest BCUT2D eigenvalue weighted by atomic mass is 35.5. The van der Waals surface area contributed by atoms with Crippen molar-refractivity contribution in [2.24, 2.45) is 0 Å². The van der Waals surface area contributed by atoms with E-state index >= 15 is 0 Å². The number of piperazine rings is 1. The minimum absolute atomic E-state index is 0.0139. The predicted molar refractivity (Wildman–Crippen MR) is 130 cm³/mol. The predicted octanol–water partition coefficient (Wildman–Crippen LogP) is 5.09. The van der Waals surface area contributed by atoms with E-state index < -0.39 is 11.7 Å². The summed E-state index contributed by atoms with van der Waals surface area (Å²) in [7, 11) is 0. The van der Waals surface area contributed by atoms with E-state index in [1.54, 1.807) is 24.3 Å². The summed E-state index contributed by atoms with van der Waals surface area (Å²) in [6.07, 6.45) is 3.43. The zero-order valence-corrected chi connectivity index (χ0v) is 18.6. The molecule has 1 aliphatic rings. The second kappa shape index (κ2) is 10.3. The lowest BCUT2D eigenvalue weighted by Gasteiger charge is -2.36. The van der Waals surface area contributed by atoms with Gasteiger partial charge in [0.2, 0.25) is 5.91 Å². The van der Waals surface area contributed by atoms with Gasteiger partial charge in [0.1, 0.15) is 5.82 Å². The van der Waals surface area contributed by atoms with E-state index in [1.165, 1.54) is 18.2 Å². The van der Waals surface area contributed by atoms with E-state index in [1.807, 2.05) is 47.4 Å². The number of hydrogen-bond acceptors (Lipinski definition) is 3. The molecule has 3 aromatic carbocycles. The second-order valence-corrected chi connectivity index (χ2v) is 8.09. The van der Waals surface area contributed by atoms with Gasteiger partial charge in [0.25, 0.3) is 5.91 Å². The maximum absolute atomic E-state index is 13.4. The Morgan fingerprint density at radius 3 is 2.36 bits per heavy atom. The minimum Gasteiger partial charge on any atom is -0.367 e. The van der Waals surface area contributed by atoms with Gasteiger partial charge in [0.15, 0.2) is 0 Å². The van der Waals surface area contributed by atoms with Crippen molar-refractivity contribution in [3.8, 4) is 0 Å². The highest BCUT2D eigenvalue weighted by molar-refractivity contribution is 6.33. The van der Waals surface area contributed by atoms with Gasteiger partial charge >= 0.3 is 0 Å². The minimum atomic E-state index is -0.468. The molecule has 4 rings (SSSR count). The Kier molecular flexibility index (Phi) is 7.05. The molecule has 0 aliphatic carbocycles. The summed E-state index contributed by atoms with van der Waals surface area (Å²) in [4.78, 5) is 28.8. The van der Waals surface area contributed by atoms with Crippen LogP contribution in [0.4, 0.5) is 15.8 Å². The number of nitrogens with zero attached hydrogens (tertiary/aromatic N) is 2. The molecule has 0 aromatic heterocycles. The molecule has 1 aliphatic heterocycles. The van der Waals surface area contributed by atoms with Crippen LogP contribution in [0.5, 0.6) is 0 Å². The topological polar surface area (TPSA) is 52.7 Å². The van der Waals surface area contributed by atoms with Gasteiger partial charge in [0.05, 0.1) is 10.7 Å². The van der Waals surface area contributed by atoms with Gasteiger partial charge in [-0.05, 0) is 48.0 Å². The number of nitrogens with one attached hydrogen (secondary N) is 1. The van der Waals surface area contributed by atoms with Crippen LogP contribution in [0, 0.1) is 5.82 Å². The molecule has 0 unspecified atom stereocenters. The molecule has 0 atom stereocenters. The van der Waals surface area contributed by atoms with Gasteiger partial charge in [-0.1, -0.05) is 48.0 Å². The van der Waals surface area contributed by atoms with Crippen LogP contribution in [0.15, 0.2) is 78.9 Å². The Balaban J connectivity index is 1.34. The molecule has 0 bridgehead atoms. The van der Waals surface area contributed by atoms with Crippen LogP contribution >= 0.6 is 11.6 Å². The van der Waals surface area contributed by atoms with Gasteiger partial charge in [-0.25, -0.2) is 4.39 Å². The molecule has 1 N–H and O–H groups in total. The summed E-state index contributed by atoms with van der Waals surface area (Å²) >= 11 is 6.49. The monoisotopic (exact) mass is 463 g/mol. The molecule has 3 aromatic rings. The molecule has 5 nitrogen and oxygen atoms in total. The summed E-state index contributed by atoms with van der Waals surface area (Å²) in [6.45, 7) is 2.48. The lowest BCUT2D eigenvalue weighted by atomic mass is 10.2. The number of carbonyl (C=O) groups is 2. The first-order valence-electron chi connectivity index (χ1n) is 10.6. The largest absolute Gasteiger partial charge is 0.367 e. The Bertz CT molecular complexity index is 1180. The SMILES string of the molecule is O=C(Nc1ccc(N2CCN(C(=O)/C=C/c3ccccc3)CC2)c(Cl)c1)c1cccc(F)c1. The van der Waals surface area contributed by atoms with Crippen LogP contribution in [-0.2, 0) is 4.79 Å². The van der Waals surface area contributed by atoms with E-state index in [2.05, 4.69) is 10.2 Å². The molecule has 0 radical (unpaired) electrons. The average molecular weight is 464 g/mol. The molecule has 0 spiro atoms. The summed E-state index contributed by atoms with van der Waals surface area (Å²) in [5.74, 6) is -0.891. The zero-order chi connectivity index (χ0) is 23.2. The summed E-state index contributed by atoms with van der Waals surface area (Å²) in [5.41, 5.74) is 2.59. The van der Waals surface area contributed by atoms with E-state index in [9.17, 15) is 14.0 Å². The van der Waals surface area contributed by atoms with Crippen LogP contribution in [0.1, 0.15) is 15.9 Å². The number of amides is 2. The number of benzene rings is 3. The normalized spacial score (nSPS) is 13.9. The molecule has 168 valence electrons.